The van der Waals surface area contributed by atoms with Crippen molar-refractivity contribution in [1.29, 1.82) is 0 Å². The number of rotatable bonds is 2. The number of carbonyl (C=O) groups excluding carboxylic acids is 1. The third kappa shape index (κ3) is 4.68. The van der Waals surface area contributed by atoms with E-state index in [2.05, 4.69) is 14.9 Å². The first-order valence-electron chi connectivity index (χ1n) is 7.38. The van der Waals surface area contributed by atoms with Crippen molar-refractivity contribution in [1.82, 2.24) is 4.90 Å². The highest BCUT2D eigenvalue weighted by molar-refractivity contribution is 6.33. The Morgan fingerprint density at radius 1 is 1.30 bits per heavy atom. The van der Waals surface area contributed by atoms with E-state index in [1.54, 1.807) is 17.0 Å². The molecule has 0 saturated carbocycles. The van der Waals surface area contributed by atoms with Gasteiger partial charge in [0.1, 0.15) is 5.60 Å². The molecule has 1 fully saturated rings. The van der Waals surface area contributed by atoms with E-state index >= 15 is 0 Å². The van der Waals surface area contributed by atoms with E-state index in [-0.39, 0.29) is 6.09 Å². The first kappa shape index (κ1) is 17.2. The van der Waals surface area contributed by atoms with Crippen molar-refractivity contribution in [2.45, 2.75) is 26.4 Å². The van der Waals surface area contributed by atoms with Crippen LogP contribution >= 0.6 is 11.6 Å². The number of hydrogen-bond donors (Lipinski definition) is 0. The van der Waals surface area contributed by atoms with Crippen molar-refractivity contribution >= 4 is 29.1 Å². The molecule has 1 aliphatic heterocycles. The average Bonchev–Trinajstić information content (AvgIpc) is 2.46. The number of piperazine rings is 1. The van der Waals surface area contributed by atoms with E-state index in [0.717, 1.165) is 5.69 Å². The minimum absolute atomic E-state index is 0.290. The van der Waals surface area contributed by atoms with Crippen LogP contribution in [0.1, 0.15) is 20.8 Å². The first-order chi connectivity index (χ1) is 10.8. The predicted octanol–water partition coefficient (Wildman–Crippen LogP) is 4.34. The van der Waals surface area contributed by atoms with Crippen molar-refractivity contribution in [3.63, 3.8) is 0 Å². The highest BCUT2D eigenvalue weighted by atomic mass is 35.5. The van der Waals surface area contributed by atoms with Crippen LogP contribution in [0.5, 0.6) is 0 Å². The second-order valence-corrected chi connectivity index (χ2v) is 6.69. The number of amides is 1. The molecule has 0 aromatic heterocycles. The van der Waals surface area contributed by atoms with Gasteiger partial charge < -0.3 is 14.5 Å². The zero-order chi connectivity index (χ0) is 17.0. The van der Waals surface area contributed by atoms with E-state index in [9.17, 15) is 4.79 Å². The lowest BCUT2D eigenvalue weighted by molar-refractivity contribution is 0.0240. The van der Waals surface area contributed by atoms with Crippen LogP contribution in [-0.4, -0.2) is 42.8 Å². The van der Waals surface area contributed by atoms with Gasteiger partial charge in [-0.05, 0) is 38.4 Å². The highest BCUT2D eigenvalue weighted by Crippen LogP contribution is 2.31. The van der Waals surface area contributed by atoms with Crippen LogP contribution in [0, 0.1) is 0 Å². The maximum atomic E-state index is 12.1. The van der Waals surface area contributed by atoms with Crippen LogP contribution in [0.15, 0.2) is 23.3 Å². The molecule has 8 heteroatoms. The van der Waals surface area contributed by atoms with E-state index in [4.69, 9.17) is 21.9 Å². The number of nitrogens with zero attached hydrogens (tertiary/aromatic N) is 5. The molecule has 0 aliphatic carbocycles. The molecule has 1 saturated heterocycles. The maximum Gasteiger partial charge on any atom is 0.410 e. The zero-order valence-corrected chi connectivity index (χ0v) is 14.2. The van der Waals surface area contributed by atoms with Crippen molar-refractivity contribution in [2.75, 3.05) is 31.1 Å². The number of halogens is 1. The van der Waals surface area contributed by atoms with E-state index in [1.807, 2.05) is 26.8 Å². The SMILES string of the molecule is CC(C)(C)OC(=O)N1CCN(c2ccc(N=[N+]=[N-])cc2Cl)CC1. The Morgan fingerprint density at radius 2 is 1.96 bits per heavy atom. The van der Waals surface area contributed by atoms with Gasteiger partial charge in [-0.2, -0.15) is 0 Å². The second kappa shape index (κ2) is 6.98. The predicted molar refractivity (Wildman–Crippen MR) is 90.3 cm³/mol. The summed E-state index contributed by atoms with van der Waals surface area (Å²) in [5.41, 5.74) is 9.30. The highest BCUT2D eigenvalue weighted by Gasteiger charge is 2.26. The summed E-state index contributed by atoms with van der Waals surface area (Å²) < 4.78 is 5.38. The molecular formula is C15H20ClN5O2. The standard InChI is InChI=1S/C15H20ClN5O2/c1-15(2,3)23-14(22)21-8-6-20(7-9-21)13-5-4-11(18-19-17)10-12(13)16/h4-5,10H,6-9H2,1-3H3. The van der Waals surface area contributed by atoms with Crippen molar-refractivity contribution in [3.8, 4) is 0 Å². The molecule has 0 radical (unpaired) electrons. The van der Waals surface area contributed by atoms with E-state index < -0.39 is 5.60 Å². The Bertz CT molecular complexity index is 629. The zero-order valence-electron chi connectivity index (χ0n) is 13.5. The normalized spacial score (nSPS) is 15.1. The third-order valence-electron chi connectivity index (χ3n) is 3.36. The van der Waals surface area contributed by atoms with Gasteiger partial charge in [0.05, 0.1) is 10.7 Å². The van der Waals surface area contributed by atoms with Gasteiger partial charge in [-0.3, -0.25) is 0 Å². The summed E-state index contributed by atoms with van der Waals surface area (Å²) in [5, 5.41) is 4.06. The van der Waals surface area contributed by atoms with Gasteiger partial charge in [0, 0.05) is 36.8 Å². The molecule has 7 nitrogen and oxygen atoms in total. The molecule has 0 spiro atoms. The fourth-order valence-corrected chi connectivity index (χ4v) is 2.62. The van der Waals surface area contributed by atoms with Crippen LogP contribution in [0.25, 0.3) is 10.4 Å². The summed E-state index contributed by atoms with van der Waals surface area (Å²) in [7, 11) is 0. The molecule has 1 amide bonds. The van der Waals surface area contributed by atoms with E-state index in [1.165, 1.54) is 0 Å². The Hall–Kier alpha value is -2.11. The fraction of sp³-hybridized carbons (Fsp3) is 0.533. The summed E-state index contributed by atoms with van der Waals surface area (Å²) in [6.45, 7) is 8.04. The molecule has 1 aromatic rings. The number of carbonyl (C=O) groups is 1. The largest absolute Gasteiger partial charge is 0.444 e. The lowest BCUT2D eigenvalue weighted by Gasteiger charge is -2.37. The maximum absolute atomic E-state index is 12.1. The number of benzene rings is 1. The lowest BCUT2D eigenvalue weighted by atomic mass is 10.2. The molecule has 1 aromatic carbocycles. The van der Waals surface area contributed by atoms with Gasteiger partial charge in [-0.1, -0.05) is 22.8 Å². The quantitative estimate of drug-likeness (QED) is 0.457. The molecule has 0 atom stereocenters. The Morgan fingerprint density at radius 3 is 2.48 bits per heavy atom. The Labute approximate surface area is 140 Å². The van der Waals surface area contributed by atoms with Gasteiger partial charge >= 0.3 is 6.09 Å². The van der Waals surface area contributed by atoms with Crippen LogP contribution in [0.3, 0.4) is 0 Å². The van der Waals surface area contributed by atoms with Crippen molar-refractivity contribution in [2.24, 2.45) is 5.11 Å². The molecule has 1 heterocycles. The van der Waals surface area contributed by atoms with Crippen LogP contribution < -0.4 is 4.90 Å². The fourth-order valence-electron chi connectivity index (χ4n) is 2.32. The molecule has 0 unspecified atom stereocenters. The monoisotopic (exact) mass is 337 g/mol. The lowest BCUT2D eigenvalue weighted by Crippen LogP contribution is -2.50. The molecule has 0 N–H and O–H groups in total. The second-order valence-electron chi connectivity index (χ2n) is 6.28. The minimum atomic E-state index is -0.491. The molecule has 2 rings (SSSR count). The summed E-state index contributed by atoms with van der Waals surface area (Å²) in [4.78, 5) is 18.6. The smallest absolute Gasteiger partial charge is 0.410 e. The van der Waals surface area contributed by atoms with Crippen LogP contribution in [0.4, 0.5) is 16.2 Å². The summed E-state index contributed by atoms with van der Waals surface area (Å²) in [6, 6.07) is 5.19. The molecule has 0 bridgehead atoms. The van der Waals surface area contributed by atoms with Crippen molar-refractivity contribution in [3.05, 3.63) is 33.7 Å². The topological polar surface area (TPSA) is 81.5 Å². The molecule has 124 valence electrons. The van der Waals surface area contributed by atoms with Gasteiger partial charge in [0.2, 0.25) is 0 Å². The van der Waals surface area contributed by atoms with Gasteiger partial charge in [0.15, 0.2) is 0 Å². The van der Waals surface area contributed by atoms with Crippen LogP contribution in [0.2, 0.25) is 5.02 Å². The minimum Gasteiger partial charge on any atom is -0.444 e. The first-order valence-corrected chi connectivity index (χ1v) is 7.75. The van der Waals surface area contributed by atoms with E-state index in [0.29, 0.717) is 36.9 Å². The number of hydrogen-bond acceptors (Lipinski definition) is 4. The molecule has 23 heavy (non-hydrogen) atoms. The van der Waals surface area contributed by atoms with Gasteiger partial charge in [-0.15, -0.1) is 0 Å². The van der Waals surface area contributed by atoms with Crippen LogP contribution in [-0.2, 0) is 4.74 Å². The number of ether oxygens (including phenoxy) is 1. The number of azide groups is 1. The Kier molecular flexibility index (Phi) is 5.23. The average molecular weight is 338 g/mol. The Balaban J connectivity index is 1.99. The molecule has 1 aliphatic rings. The summed E-state index contributed by atoms with van der Waals surface area (Å²) in [6.07, 6.45) is -0.290. The summed E-state index contributed by atoms with van der Waals surface area (Å²) >= 11 is 6.25. The number of anilines is 1. The third-order valence-corrected chi connectivity index (χ3v) is 3.67. The van der Waals surface area contributed by atoms with Gasteiger partial charge in [0.25, 0.3) is 0 Å². The molecular weight excluding hydrogens is 318 g/mol. The van der Waals surface area contributed by atoms with Gasteiger partial charge in [-0.25, -0.2) is 4.79 Å². The van der Waals surface area contributed by atoms with Crippen molar-refractivity contribution < 1.29 is 9.53 Å². The summed E-state index contributed by atoms with van der Waals surface area (Å²) in [5.74, 6) is 0.